The molecule has 0 aliphatic heterocycles. The van der Waals surface area contributed by atoms with Crippen LogP contribution in [0.2, 0.25) is 5.02 Å². The highest BCUT2D eigenvalue weighted by atomic mass is 79.9. The van der Waals surface area contributed by atoms with Crippen molar-refractivity contribution in [2.45, 2.75) is 6.54 Å². The molecule has 0 spiro atoms. The molecule has 0 aliphatic rings. The summed E-state index contributed by atoms with van der Waals surface area (Å²) < 4.78 is 14.2. The molecule has 2 aromatic carbocycles. The molecule has 0 aliphatic carbocycles. The molecule has 20 heavy (non-hydrogen) atoms. The molecule has 0 bridgehead atoms. The lowest BCUT2D eigenvalue weighted by Crippen LogP contribution is -2.01. The van der Waals surface area contributed by atoms with E-state index in [2.05, 4.69) is 21.2 Å². The van der Waals surface area contributed by atoms with Gasteiger partial charge in [-0.3, -0.25) is 10.1 Å². The fraction of sp³-hybridized carbons (Fsp3) is 0.0769. The van der Waals surface area contributed by atoms with Gasteiger partial charge in [-0.1, -0.05) is 17.7 Å². The molecule has 0 atom stereocenters. The number of anilines is 1. The van der Waals surface area contributed by atoms with Crippen LogP contribution < -0.4 is 5.32 Å². The van der Waals surface area contributed by atoms with Crippen molar-refractivity contribution in [1.29, 1.82) is 0 Å². The minimum atomic E-state index is -0.843. The number of nitrogens with one attached hydrogen (secondary N) is 1. The van der Waals surface area contributed by atoms with Crippen LogP contribution in [0.4, 0.5) is 15.8 Å². The summed E-state index contributed by atoms with van der Waals surface area (Å²) in [6, 6.07) is 9.07. The van der Waals surface area contributed by atoms with Crippen molar-refractivity contribution >= 4 is 38.9 Å². The van der Waals surface area contributed by atoms with Crippen LogP contribution in [0, 0.1) is 15.9 Å². The second-order valence-corrected chi connectivity index (χ2v) is 5.31. The number of nitro groups is 1. The minimum absolute atomic E-state index is 0.342. The Hall–Kier alpha value is -1.66. The quantitative estimate of drug-likeness (QED) is 0.632. The smallest absolute Gasteiger partial charge is 0.304 e. The molecule has 0 heterocycles. The summed E-state index contributed by atoms with van der Waals surface area (Å²) in [5.41, 5.74) is 0.879. The SMILES string of the molecule is O=[N+]([O-])c1ccc(CNc2ccc(Cl)cc2Br)cc1F. The predicted molar refractivity (Wildman–Crippen MR) is 79.5 cm³/mol. The van der Waals surface area contributed by atoms with E-state index >= 15 is 0 Å². The molecule has 0 saturated carbocycles. The van der Waals surface area contributed by atoms with Crippen molar-refractivity contribution in [1.82, 2.24) is 0 Å². The van der Waals surface area contributed by atoms with E-state index in [0.717, 1.165) is 22.3 Å². The third-order valence-electron chi connectivity index (χ3n) is 2.62. The Morgan fingerprint density at radius 1 is 1.30 bits per heavy atom. The van der Waals surface area contributed by atoms with E-state index < -0.39 is 16.4 Å². The molecule has 0 fully saturated rings. The van der Waals surface area contributed by atoms with E-state index in [1.165, 1.54) is 6.07 Å². The zero-order valence-electron chi connectivity index (χ0n) is 10.1. The van der Waals surface area contributed by atoms with E-state index in [0.29, 0.717) is 17.1 Å². The molecule has 0 amide bonds. The summed E-state index contributed by atoms with van der Waals surface area (Å²) in [6.07, 6.45) is 0. The van der Waals surface area contributed by atoms with Gasteiger partial charge in [-0.05, 0) is 45.8 Å². The van der Waals surface area contributed by atoms with Gasteiger partial charge < -0.3 is 5.32 Å². The largest absolute Gasteiger partial charge is 0.380 e. The van der Waals surface area contributed by atoms with Crippen molar-refractivity contribution < 1.29 is 9.31 Å². The topological polar surface area (TPSA) is 55.2 Å². The molecule has 0 radical (unpaired) electrons. The Labute approximate surface area is 127 Å². The Morgan fingerprint density at radius 3 is 2.65 bits per heavy atom. The summed E-state index contributed by atoms with van der Waals surface area (Å²) in [4.78, 5) is 9.77. The van der Waals surface area contributed by atoms with Gasteiger partial charge in [0, 0.05) is 27.8 Å². The summed E-state index contributed by atoms with van der Waals surface area (Å²) >= 11 is 9.19. The minimum Gasteiger partial charge on any atom is -0.380 e. The fourth-order valence-electron chi connectivity index (χ4n) is 1.64. The molecule has 0 aromatic heterocycles. The lowest BCUT2D eigenvalue weighted by molar-refractivity contribution is -0.387. The Morgan fingerprint density at radius 2 is 2.05 bits per heavy atom. The van der Waals surface area contributed by atoms with Crippen molar-refractivity contribution in [3.8, 4) is 0 Å². The maximum absolute atomic E-state index is 13.5. The predicted octanol–water partition coefficient (Wildman–Crippen LogP) is 4.76. The van der Waals surface area contributed by atoms with E-state index in [1.807, 2.05) is 0 Å². The number of benzene rings is 2. The zero-order valence-corrected chi connectivity index (χ0v) is 12.4. The molecule has 2 rings (SSSR count). The highest BCUT2D eigenvalue weighted by Crippen LogP contribution is 2.26. The molecular formula is C13H9BrClFN2O2. The van der Waals surface area contributed by atoms with Crippen LogP contribution >= 0.6 is 27.5 Å². The van der Waals surface area contributed by atoms with Crippen molar-refractivity contribution in [3.05, 3.63) is 67.4 Å². The number of hydrogen-bond donors (Lipinski definition) is 1. The van der Waals surface area contributed by atoms with Crippen LogP contribution in [0.5, 0.6) is 0 Å². The first-order valence-electron chi connectivity index (χ1n) is 5.59. The van der Waals surface area contributed by atoms with Crippen LogP contribution in [0.3, 0.4) is 0 Å². The molecule has 1 N–H and O–H groups in total. The number of hydrogen-bond acceptors (Lipinski definition) is 3. The van der Waals surface area contributed by atoms with Gasteiger partial charge in [0.05, 0.1) is 4.92 Å². The number of nitrogens with zero attached hydrogens (tertiary/aromatic N) is 1. The molecule has 7 heteroatoms. The maximum Gasteiger partial charge on any atom is 0.304 e. The number of halogens is 3. The third-order valence-corrected chi connectivity index (χ3v) is 3.51. The third kappa shape index (κ3) is 3.46. The van der Waals surface area contributed by atoms with Crippen LogP contribution in [-0.2, 0) is 6.54 Å². The molecular weight excluding hydrogens is 351 g/mol. The maximum atomic E-state index is 13.5. The highest BCUT2D eigenvalue weighted by Gasteiger charge is 2.13. The Balaban J connectivity index is 2.11. The van der Waals surface area contributed by atoms with Gasteiger partial charge >= 0.3 is 5.69 Å². The monoisotopic (exact) mass is 358 g/mol. The van der Waals surface area contributed by atoms with Crippen molar-refractivity contribution in [2.24, 2.45) is 0 Å². The lowest BCUT2D eigenvalue weighted by atomic mass is 10.2. The van der Waals surface area contributed by atoms with Gasteiger partial charge in [-0.2, -0.15) is 4.39 Å². The lowest BCUT2D eigenvalue weighted by Gasteiger charge is -2.09. The van der Waals surface area contributed by atoms with E-state index in [4.69, 9.17) is 11.6 Å². The molecule has 104 valence electrons. The van der Waals surface area contributed by atoms with Crippen molar-refractivity contribution in [3.63, 3.8) is 0 Å². The van der Waals surface area contributed by atoms with Crippen molar-refractivity contribution in [2.75, 3.05) is 5.32 Å². The first kappa shape index (κ1) is 14.7. The first-order chi connectivity index (χ1) is 9.47. The summed E-state index contributed by atoms with van der Waals surface area (Å²) in [7, 11) is 0. The number of rotatable bonds is 4. The van der Waals surface area contributed by atoms with Crippen LogP contribution in [0.1, 0.15) is 5.56 Å². The van der Waals surface area contributed by atoms with Gasteiger partial charge in [0.2, 0.25) is 5.82 Å². The second-order valence-electron chi connectivity index (χ2n) is 4.02. The molecule has 4 nitrogen and oxygen atoms in total. The standard InChI is InChI=1S/C13H9BrClFN2O2/c14-10-6-9(15)2-3-12(10)17-7-8-1-4-13(18(19)20)11(16)5-8/h1-6,17H,7H2. The highest BCUT2D eigenvalue weighted by molar-refractivity contribution is 9.10. The molecule has 0 saturated heterocycles. The summed E-state index contributed by atoms with van der Waals surface area (Å²) in [6.45, 7) is 0.342. The molecule has 0 unspecified atom stereocenters. The van der Waals surface area contributed by atoms with Crippen LogP contribution in [-0.4, -0.2) is 4.92 Å². The van der Waals surface area contributed by atoms with E-state index in [-0.39, 0.29) is 0 Å². The zero-order chi connectivity index (χ0) is 14.7. The fourth-order valence-corrected chi connectivity index (χ4v) is 2.46. The Bertz CT molecular complexity index is 667. The second kappa shape index (κ2) is 6.19. The van der Waals surface area contributed by atoms with E-state index in [9.17, 15) is 14.5 Å². The van der Waals surface area contributed by atoms with Gasteiger partial charge in [-0.25, -0.2) is 0 Å². The van der Waals surface area contributed by atoms with E-state index in [1.54, 1.807) is 18.2 Å². The average molecular weight is 360 g/mol. The molecule has 2 aromatic rings. The van der Waals surface area contributed by atoms with Crippen LogP contribution in [0.15, 0.2) is 40.9 Å². The Kier molecular flexibility index (Phi) is 4.57. The number of nitro benzene ring substituents is 1. The average Bonchev–Trinajstić information content (AvgIpc) is 2.37. The van der Waals surface area contributed by atoms with Gasteiger partial charge in [0.15, 0.2) is 0 Å². The van der Waals surface area contributed by atoms with Gasteiger partial charge in [-0.15, -0.1) is 0 Å². The summed E-state index contributed by atoms with van der Waals surface area (Å²) in [5.74, 6) is -0.843. The van der Waals surface area contributed by atoms with Crippen LogP contribution in [0.25, 0.3) is 0 Å². The van der Waals surface area contributed by atoms with Gasteiger partial charge in [0.25, 0.3) is 0 Å². The van der Waals surface area contributed by atoms with Gasteiger partial charge in [0.1, 0.15) is 0 Å². The first-order valence-corrected chi connectivity index (χ1v) is 6.76. The summed E-state index contributed by atoms with van der Waals surface area (Å²) in [5, 5.41) is 14.2. The normalized spacial score (nSPS) is 10.3.